The Bertz CT molecular complexity index is 848. The molecule has 7 heteroatoms. The molecule has 1 aromatic carbocycles. The number of anilines is 1. The molecule has 1 saturated heterocycles. The summed E-state index contributed by atoms with van der Waals surface area (Å²) in [5, 5.41) is 8.95. The fourth-order valence-electron chi connectivity index (χ4n) is 4.12. The van der Waals surface area contributed by atoms with E-state index in [-0.39, 0.29) is 11.4 Å². The molecule has 0 spiro atoms. The highest BCUT2D eigenvalue weighted by Gasteiger charge is 2.36. The molecule has 0 bridgehead atoms. The van der Waals surface area contributed by atoms with Gasteiger partial charge < -0.3 is 10.0 Å². The minimum Gasteiger partial charge on any atom is -0.480 e. The number of thiocarbonyl (C=S) groups is 1. The molecule has 27 heavy (non-hydrogen) atoms. The van der Waals surface area contributed by atoms with Gasteiger partial charge in [-0.15, -0.1) is 0 Å². The largest absolute Gasteiger partial charge is 0.480 e. The Morgan fingerprint density at radius 2 is 2.15 bits per heavy atom. The van der Waals surface area contributed by atoms with Gasteiger partial charge in [-0.2, -0.15) is 0 Å². The van der Waals surface area contributed by atoms with Crippen LogP contribution >= 0.6 is 24.0 Å². The summed E-state index contributed by atoms with van der Waals surface area (Å²) < 4.78 is 0.291. The van der Waals surface area contributed by atoms with Crippen LogP contribution in [0.1, 0.15) is 51.2 Å². The van der Waals surface area contributed by atoms with E-state index in [1.54, 1.807) is 0 Å². The average molecular weight is 405 g/mol. The van der Waals surface area contributed by atoms with Gasteiger partial charge >= 0.3 is 5.97 Å². The molecule has 3 rings (SSSR count). The molecule has 2 aliphatic heterocycles. The van der Waals surface area contributed by atoms with Crippen molar-refractivity contribution in [1.82, 2.24) is 4.90 Å². The van der Waals surface area contributed by atoms with Gasteiger partial charge in [0.1, 0.15) is 10.9 Å². The Hall–Kier alpha value is -1.86. The predicted octanol–water partition coefficient (Wildman–Crippen LogP) is 4.08. The van der Waals surface area contributed by atoms with Gasteiger partial charge in [0.15, 0.2) is 0 Å². The molecule has 1 N–H and O–H groups in total. The number of carbonyl (C=O) groups is 2. The van der Waals surface area contributed by atoms with Crippen LogP contribution in [0.4, 0.5) is 5.69 Å². The van der Waals surface area contributed by atoms with Gasteiger partial charge in [-0.1, -0.05) is 37.0 Å². The Balaban J connectivity index is 1.93. The number of nitrogens with zero attached hydrogens (tertiary/aromatic N) is 2. The van der Waals surface area contributed by atoms with Gasteiger partial charge in [0, 0.05) is 17.8 Å². The third kappa shape index (κ3) is 3.75. The Labute approximate surface area is 169 Å². The maximum atomic E-state index is 12.5. The van der Waals surface area contributed by atoms with Crippen molar-refractivity contribution in [1.29, 1.82) is 0 Å². The maximum absolute atomic E-state index is 12.5. The summed E-state index contributed by atoms with van der Waals surface area (Å²) in [6.07, 6.45) is 2.88. The van der Waals surface area contributed by atoms with E-state index in [0.717, 1.165) is 35.2 Å². The Morgan fingerprint density at radius 3 is 2.78 bits per heavy atom. The van der Waals surface area contributed by atoms with E-state index >= 15 is 0 Å². The highest BCUT2D eigenvalue weighted by molar-refractivity contribution is 8.26. The van der Waals surface area contributed by atoms with Crippen molar-refractivity contribution in [2.45, 2.75) is 45.6 Å². The predicted molar refractivity (Wildman–Crippen MR) is 114 cm³/mol. The number of aliphatic carboxylic acids is 1. The fraction of sp³-hybridized carbons (Fsp3) is 0.450. The first kappa shape index (κ1) is 19.9. The third-order valence-corrected chi connectivity index (χ3v) is 6.57. The summed E-state index contributed by atoms with van der Waals surface area (Å²) in [7, 11) is 0. The molecule has 1 atom stereocenters. The molecule has 0 radical (unpaired) electrons. The minimum atomic E-state index is -1.07. The van der Waals surface area contributed by atoms with Crippen molar-refractivity contribution in [3.63, 3.8) is 0 Å². The Kier molecular flexibility index (Phi) is 5.36. The first-order valence-corrected chi connectivity index (χ1v) is 10.2. The van der Waals surface area contributed by atoms with Gasteiger partial charge in [0.05, 0.1) is 4.91 Å². The number of fused-ring (bicyclic) bond motifs is 1. The number of amides is 1. The first-order valence-electron chi connectivity index (χ1n) is 9.02. The number of hydrogen-bond acceptors (Lipinski definition) is 5. The summed E-state index contributed by atoms with van der Waals surface area (Å²) in [4.78, 5) is 27.4. The zero-order valence-corrected chi connectivity index (χ0v) is 17.6. The molecule has 1 amide bonds. The SMILES string of the molecule is CCN1c2ccc(/C=C3/SC(=S)N(CC(=O)O)C3=O)cc2[C@H](C)CC1(C)C. The van der Waals surface area contributed by atoms with Crippen molar-refractivity contribution >= 4 is 51.9 Å². The van der Waals surface area contributed by atoms with Crippen LogP contribution in [0.15, 0.2) is 23.1 Å². The van der Waals surface area contributed by atoms with E-state index in [9.17, 15) is 9.59 Å². The van der Waals surface area contributed by atoms with Crippen LogP contribution in [-0.2, 0) is 9.59 Å². The summed E-state index contributed by atoms with van der Waals surface area (Å²) in [6.45, 7) is 9.51. The molecule has 2 heterocycles. The van der Waals surface area contributed by atoms with E-state index in [4.69, 9.17) is 17.3 Å². The summed E-state index contributed by atoms with van der Waals surface area (Å²) >= 11 is 6.32. The number of carboxylic acids is 1. The van der Waals surface area contributed by atoms with Crippen molar-refractivity contribution in [2.75, 3.05) is 18.0 Å². The summed E-state index contributed by atoms with van der Waals surface area (Å²) in [5.74, 6) is -0.986. The van der Waals surface area contributed by atoms with Crippen LogP contribution in [0.2, 0.25) is 0 Å². The highest BCUT2D eigenvalue weighted by atomic mass is 32.2. The van der Waals surface area contributed by atoms with E-state index in [0.29, 0.717) is 15.1 Å². The normalized spacial score (nSPS) is 23.1. The lowest BCUT2D eigenvalue weighted by Gasteiger charge is -2.47. The molecule has 0 aromatic heterocycles. The molecule has 0 aliphatic carbocycles. The average Bonchev–Trinajstić information content (AvgIpc) is 2.82. The lowest BCUT2D eigenvalue weighted by atomic mass is 9.79. The van der Waals surface area contributed by atoms with E-state index in [1.807, 2.05) is 12.1 Å². The third-order valence-electron chi connectivity index (χ3n) is 5.19. The smallest absolute Gasteiger partial charge is 0.323 e. The van der Waals surface area contributed by atoms with Crippen molar-refractivity contribution in [3.8, 4) is 0 Å². The minimum absolute atomic E-state index is 0.113. The van der Waals surface area contributed by atoms with Gasteiger partial charge in [-0.3, -0.25) is 14.5 Å². The van der Waals surface area contributed by atoms with Gasteiger partial charge in [0.2, 0.25) is 0 Å². The second kappa shape index (κ2) is 7.28. The van der Waals surface area contributed by atoms with Crippen molar-refractivity contribution in [2.24, 2.45) is 0 Å². The summed E-state index contributed by atoms with van der Waals surface area (Å²) in [5.41, 5.74) is 3.58. The van der Waals surface area contributed by atoms with Crippen LogP contribution < -0.4 is 4.90 Å². The molecular formula is C20H24N2O3S2. The lowest BCUT2D eigenvalue weighted by Crippen LogP contribution is -2.48. The zero-order valence-electron chi connectivity index (χ0n) is 16.0. The number of hydrogen-bond donors (Lipinski definition) is 1. The molecule has 144 valence electrons. The van der Waals surface area contributed by atoms with Crippen LogP contribution in [-0.4, -0.2) is 44.8 Å². The van der Waals surface area contributed by atoms with E-state index in [1.165, 1.54) is 11.3 Å². The van der Waals surface area contributed by atoms with Crippen molar-refractivity contribution in [3.05, 3.63) is 34.2 Å². The molecule has 0 unspecified atom stereocenters. The van der Waals surface area contributed by atoms with Gasteiger partial charge in [-0.25, -0.2) is 0 Å². The highest BCUT2D eigenvalue weighted by Crippen LogP contribution is 2.44. The molecule has 0 saturated carbocycles. The standard InChI is InChI=1S/C20H24N2O3S2/c1-5-22-15-7-6-13(8-14(15)12(2)10-20(22,3)4)9-16-18(25)21(11-17(23)24)19(26)27-16/h6-9,12H,5,10-11H2,1-4H3,(H,23,24)/b16-9+/t12-/m1/s1. The van der Waals surface area contributed by atoms with Gasteiger partial charge in [-0.05, 0) is 62.4 Å². The fourth-order valence-corrected chi connectivity index (χ4v) is 5.38. The van der Waals surface area contributed by atoms with Crippen LogP contribution in [0.3, 0.4) is 0 Å². The number of thioether (sulfide) groups is 1. The van der Waals surface area contributed by atoms with E-state index < -0.39 is 12.5 Å². The second-order valence-electron chi connectivity index (χ2n) is 7.64. The topological polar surface area (TPSA) is 60.9 Å². The number of carbonyl (C=O) groups excluding carboxylic acids is 1. The van der Waals surface area contributed by atoms with Gasteiger partial charge in [0.25, 0.3) is 5.91 Å². The Morgan fingerprint density at radius 1 is 1.44 bits per heavy atom. The second-order valence-corrected chi connectivity index (χ2v) is 9.32. The van der Waals surface area contributed by atoms with Crippen LogP contribution in [0.5, 0.6) is 0 Å². The molecule has 5 nitrogen and oxygen atoms in total. The van der Waals surface area contributed by atoms with Crippen LogP contribution in [0.25, 0.3) is 6.08 Å². The lowest BCUT2D eigenvalue weighted by molar-refractivity contribution is -0.140. The zero-order chi connectivity index (χ0) is 19.9. The number of benzene rings is 1. The molecule has 2 aliphatic rings. The first-order chi connectivity index (χ1) is 12.6. The van der Waals surface area contributed by atoms with E-state index in [2.05, 4.69) is 44.7 Å². The number of carboxylic acid groups (broad SMARTS) is 1. The maximum Gasteiger partial charge on any atom is 0.323 e. The molecule has 1 fully saturated rings. The van der Waals surface area contributed by atoms with Crippen molar-refractivity contribution < 1.29 is 14.7 Å². The monoisotopic (exact) mass is 404 g/mol. The number of rotatable bonds is 4. The molecule has 1 aromatic rings. The summed E-state index contributed by atoms with van der Waals surface area (Å²) in [6, 6.07) is 6.28. The molecular weight excluding hydrogens is 380 g/mol. The van der Waals surface area contributed by atoms with Crippen LogP contribution in [0, 0.1) is 0 Å². The quantitative estimate of drug-likeness (QED) is 0.603.